The highest BCUT2D eigenvalue weighted by Crippen LogP contribution is 2.35. The Hall–Kier alpha value is -1.13. The van der Waals surface area contributed by atoms with Gasteiger partial charge < -0.3 is 82.8 Å². The van der Waals surface area contributed by atoms with E-state index in [1.807, 2.05) is 0 Å². The van der Waals surface area contributed by atoms with Crippen molar-refractivity contribution < 1.29 is 54.0 Å². The first-order valence-electron chi connectivity index (χ1n) is 14.0. The van der Waals surface area contributed by atoms with E-state index in [0.717, 1.165) is 0 Å². The topological polar surface area (TPSA) is 293 Å². The van der Waals surface area contributed by atoms with Crippen molar-refractivity contribution in [3.63, 3.8) is 0 Å². The average Bonchev–Trinajstić information content (AvgIpc) is 2.91. The van der Waals surface area contributed by atoms with Gasteiger partial charge in [-0.25, -0.2) is 0 Å². The third-order valence-electron chi connectivity index (χ3n) is 8.29. The molecule has 3 heterocycles. The van der Waals surface area contributed by atoms with Gasteiger partial charge in [-0.2, -0.15) is 0 Å². The number of aliphatic hydroxyl groups is 5. The van der Waals surface area contributed by atoms with Crippen LogP contribution < -0.4 is 33.6 Å². The van der Waals surface area contributed by atoms with Crippen LogP contribution in [0.15, 0.2) is 0 Å². The first-order valence-corrected chi connectivity index (χ1v) is 14.0. The highest BCUT2D eigenvalue weighted by molar-refractivity contribution is 5.81. The van der Waals surface area contributed by atoms with E-state index >= 15 is 0 Å². The largest absolute Gasteiger partial charge is 0.394 e. The van der Waals surface area contributed by atoms with Crippen LogP contribution in [0.2, 0.25) is 0 Å². The number of ether oxygens (including phenoxy) is 5. The Bertz CT molecular complexity index is 876. The lowest BCUT2D eigenvalue weighted by molar-refractivity contribution is -0.367. The van der Waals surface area contributed by atoms with Gasteiger partial charge in [0.05, 0.1) is 43.0 Å². The average molecular weight is 595 g/mol. The molecule has 3 saturated heterocycles. The van der Waals surface area contributed by atoms with E-state index in [1.165, 1.54) is 6.92 Å². The summed E-state index contributed by atoms with van der Waals surface area (Å²) in [5.41, 5.74) is 23.9. The number of amides is 1. The molecule has 0 bridgehead atoms. The maximum absolute atomic E-state index is 12.0. The first kappa shape index (κ1) is 32.8. The summed E-state index contributed by atoms with van der Waals surface area (Å²) in [5, 5.41) is 58.1. The van der Waals surface area contributed by atoms with E-state index in [9.17, 15) is 30.3 Å². The van der Waals surface area contributed by atoms with Gasteiger partial charge in [-0.3, -0.25) is 4.79 Å². The molecule has 0 spiro atoms. The van der Waals surface area contributed by atoms with Crippen LogP contribution in [0.3, 0.4) is 0 Å². The normalized spacial score (nSPS) is 49.6. The fraction of sp³-hybridized carbons (Fsp3) is 0.958. The summed E-state index contributed by atoms with van der Waals surface area (Å²) in [6, 6.07) is -4.48. The maximum Gasteiger partial charge on any atom is 0.236 e. The molecule has 1 aliphatic carbocycles. The molecular formula is C24H46N6O11. The van der Waals surface area contributed by atoms with Gasteiger partial charge in [0.15, 0.2) is 18.9 Å². The van der Waals surface area contributed by atoms with Gasteiger partial charge in [-0.05, 0) is 26.8 Å². The molecule has 17 nitrogen and oxygen atoms in total. The summed E-state index contributed by atoms with van der Waals surface area (Å²) in [6.07, 6.45) is -11.6. The molecule has 4 fully saturated rings. The number of fused-ring (bicyclic) bond motifs is 1. The van der Waals surface area contributed by atoms with Crippen LogP contribution in [-0.2, 0) is 28.5 Å². The van der Waals surface area contributed by atoms with Crippen molar-refractivity contribution in [2.45, 2.75) is 130 Å². The van der Waals surface area contributed by atoms with Gasteiger partial charge in [0.1, 0.15) is 36.6 Å². The molecule has 41 heavy (non-hydrogen) atoms. The molecule has 11 unspecified atom stereocenters. The Balaban J connectivity index is 1.40. The van der Waals surface area contributed by atoms with Crippen LogP contribution in [0.5, 0.6) is 0 Å². The predicted octanol–water partition coefficient (Wildman–Crippen LogP) is -6.42. The Morgan fingerprint density at radius 1 is 0.902 bits per heavy atom. The predicted molar refractivity (Wildman–Crippen MR) is 139 cm³/mol. The van der Waals surface area contributed by atoms with Crippen LogP contribution in [0.25, 0.3) is 0 Å². The van der Waals surface area contributed by atoms with Crippen molar-refractivity contribution in [3.8, 4) is 0 Å². The standard InChI is InChI=1S/C24H46N6O11/c1-7(25)21(36)30-11-5-12(32)23(38-14(11)6-31)41-24-15(29-2)17(34)20-13(37-24)4-10(28)22(40-20)39-19-9(27)3-8(26)16(33)18(19)35/h7-20,22-24,29,31-35H,3-6,25-28H2,1-2H3,(H,30,36)/t7-,8+,9?,10?,11?,12?,13-,14?,15?,16?,17?,18?,19+,20?,22-,23+,24?/m0/s1. The van der Waals surface area contributed by atoms with Gasteiger partial charge in [-0.1, -0.05) is 0 Å². The van der Waals surface area contributed by atoms with Gasteiger partial charge in [-0.15, -0.1) is 0 Å². The molecule has 1 saturated carbocycles. The quantitative estimate of drug-likeness (QED) is 0.124. The minimum Gasteiger partial charge on any atom is -0.394 e. The molecule has 17 atom stereocenters. The van der Waals surface area contributed by atoms with Crippen molar-refractivity contribution in [2.75, 3.05) is 13.7 Å². The number of rotatable bonds is 8. The second kappa shape index (κ2) is 13.7. The third kappa shape index (κ3) is 7.00. The lowest BCUT2D eigenvalue weighted by Crippen LogP contribution is -2.69. The second-order valence-corrected chi connectivity index (χ2v) is 11.4. The Morgan fingerprint density at radius 2 is 1.61 bits per heavy atom. The summed E-state index contributed by atoms with van der Waals surface area (Å²) < 4.78 is 29.8. The number of carbonyl (C=O) groups excluding carboxylic acids is 1. The van der Waals surface area contributed by atoms with Crippen LogP contribution in [0.4, 0.5) is 0 Å². The lowest BCUT2D eigenvalue weighted by Gasteiger charge is -2.51. The third-order valence-corrected chi connectivity index (χ3v) is 8.29. The minimum absolute atomic E-state index is 0.0155. The zero-order valence-corrected chi connectivity index (χ0v) is 23.1. The number of carbonyl (C=O) groups is 1. The molecular weight excluding hydrogens is 548 g/mol. The molecule has 17 heteroatoms. The van der Waals surface area contributed by atoms with E-state index in [4.69, 9.17) is 46.6 Å². The maximum atomic E-state index is 12.0. The van der Waals surface area contributed by atoms with Gasteiger partial charge in [0.2, 0.25) is 5.91 Å². The van der Waals surface area contributed by atoms with Crippen LogP contribution in [0, 0.1) is 0 Å². The first-order chi connectivity index (χ1) is 19.4. The zero-order chi connectivity index (χ0) is 30.2. The van der Waals surface area contributed by atoms with E-state index in [0.29, 0.717) is 0 Å². The number of hydrogen-bond acceptors (Lipinski definition) is 16. The molecule has 0 aromatic carbocycles. The summed E-state index contributed by atoms with van der Waals surface area (Å²) >= 11 is 0. The summed E-state index contributed by atoms with van der Waals surface area (Å²) in [4.78, 5) is 12.0. The fourth-order valence-corrected chi connectivity index (χ4v) is 5.87. The number of likely N-dealkylation sites (N-methyl/N-ethyl adjacent to an activating group) is 1. The van der Waals surface area contributed by atoms with Gasteiger partial charge in [0, 0.05) is 18.5 Å². The Kier molecular flexibility index (Phi) is 10.9. The number of nitrogens with one attached hydrogen (secondary N) is 2. The molecule has 3 aliphatic heterocycles. The van der Waals surface area contributed by atoms with Crippen molar-refractivity contribution in [2.24, 2.45) is 22.9 Å². The molecule has 1 amide bonds. The number of hydrogen-bond donors (Lipinski definition) is 11. The highest BCUT2D eigenvalue weighted by Gasteiger charge is 2.53. The van der Waals surface area contributed by atoms with Gasteiger partial charge >= 0.3 is 0 Å². The smallest absolute Gasteiger partial charge is 0.236 e. The number of nitrogens with two attached hydrogens (primary N) is 4. The second-order valence-electron chi connectivity index (χ2n) is 11.4. The van der Waals surface area contributed by atoms with Crippen LogP contribution >= 0.6 is 0 Å². The summed E-state index contributed by atoms with van der Waals surface area (Å²) in [5.74, 6) is -0.459. The molecule has 238 valence electrons. The van der Waals surface area contributed by atoms with Crippen molar-refractivity contribution >= 4 is 5.91 Å². The van der Waals surface area contributed by atoms with Crippen molar-refractivity contribution in [1.82, 2.24) is 10.6 Å². The monoisotopic (exact) mass is 594 g/mol. The Labute approximate surface area is 237 Å². The molecule has 4 aliphatic rings. The molecule has 0 radical (unpaired) electrons. The van der Waals surface area contributed by atoms with Crippen molar-refractivity contribution in [1.29, 1.82) is 0 Å². The number of aliphatic hydroxyl groups excluding tert-OH is 5. The minimum atomic E-state index is -1.35. The van der Waals surface area contributed by atoms with Gasteiger partial charge in [0.25, 0.3) is 0 Å². The molecule has 15 N–H and O–H groups in total. The Morgan fingerprint density at radius 3 is 2.24 bits per heavy atom. The molecule has 0 aromatic rings. The van der Waals surface area contributed by atoms with E-state index < -0.39 is 116 Å². The molecule has 0 aromatic heterocycles. The zero-order valence-electron chi connectivity index (χ0n) is 23.1. The lowest BCUT2D eigenvalue weighted by atomic mass is 9.84. The highest BCUT2D eigenvalue weighted by atomic mass is 16.8. The van der Waals surface area contributed by atoms with E-state index in [-0.39, 0.29) is 19.3 Å². The van der Waals surface area contributed by atoms with Crippen LogP contribution in [-0.4, -0.2) is 149 Å². The summed E-state index contributed by atoms with van der Waals surface area (Å²) in [6.45, 7) is 1.05. The van der Waals surface area contributed by atoms with Crippen LogP contribution in [0.1, 0.15) is 26.2 Å². The summed E-state index contributed by atoms with van der Waals surface area (Å²) in [7, 11) is 1.58. The van der Waals surface area contributed by atoms with E-state index in [2.05, 4.69) is 10.6 Å². The molecule has 4 rings (SSSR count). The van der Waals surface area contributed by atoms with Crippen molar-refractivity contribution in [3.05, 3.63) is 0 Å². The fourth-order valence-electron chi connectivity index (χ4n) is 5.87. The SMILES string of the molecule is CNC1C(O[C@H]2OC(CO)C(NC(=O)[C@H](C)N)CC2O)O[C@H]2CC(N)[C@@H](O[C@@H]3C(N)C[C@@H](N)C(O)C3O)OC2C1O. The van der Waals surface area contributed by atoms with E-state index in [1.54, 1.807) is 7.05 Å².